The highest BCUT2D eigenvalue weighted by Crippen LogP contribution is 2.16. The Morgan fingerprint density at radius 1 is 1.21 bits per heavy atom. The van der Waals surface area contributed by atoms with E-state index in [1.807, 2.05) is 0 Å². The molecule has 1 aliphatic heterocycles. The Labute approximate surface area is 85.2 Å². The van der Waals surface area contributed by atoms with Gasteiger partial charge in [0.05, 0.1) is 6.67 Å². The minimum absolute atomic E-state index is 0.937. The average Bonchev–Trinajstić information content (AvgIpc) is 2.52. The summed E-state index contributed by atoms with van der Waals surface area (Å²) in [5, 5.41) is 3.35. The second kappa shape index (κ2) is 3.74. The van der Waals surface area contributed by atoms with Gasteiger partial charge in [0.1, 0.15) is 0 Å². The van der Waals surface area contributed by atoms with Crippen molar-refractivity contribution in [2.75, 3.05) is 6.67 Å². The van der Waals surface area contributed by atoms with E-state index in [1.165, 1.54) is 17.0 Å². The van der Waals surface area contributed by atoms with E-state index in [9.17, 15) is 0 Å². The van der Waals surface area contributed by atoms with Gasteiger partial charge >= 0.3 is 0 Å². The molecule has 1 heterocycles. The molecule has 2 rings (SSSR count). The fourth-order valence-electron chi connectivity index (χ4n) is 1.68. The van der Waals surface area contributed by atoms with E-state index in [0.717, 1.165) is 13.2 Å². The minimum atomic E-state index is 0.937. The highest BCUT2D eigenvalue weighted by molar-refractivity contribution is 5.18. The number of hydrogen-bond donors (Lipinski definition) is 1. The lowest BCUT2D eigenvalue weighted by Crippen LogP contribution is -2.22. The summed E-state index contributed by atoms with van der Waals surface area (Å²) in [7, 11) is 0. The Kier molecular flexibility index (Phi) is 2.44. The van der Waals surface area contributed by atoms with E-state index in [4.69, 9.17) is 0 Å². The summed E-state index contributed by atoms with van der Waals surface area (Å²) in [6, 6.07) is 10.6. The number of hydrogen-bond acceptors (Lipinski definition) is 2. The monoisotopic (exact) mass is 188 g/mol. The molecule has 1 aromatic rings. The predicted octanol–water partition coefficient (Wildman–Crippen LogP) is 2.30. The summed E-state index contributed by atoms with van der Waals surface area (Å²) in [4.78, 5) is 2.35. The van der Waals surface area contributed by atoms with Gasteiger partial charge in [0.2, 0.25) is 0 Å². The van der Waals surface area contributed by atoms with Crippen LogP contribution in [-0.2, 0) is 6.54 Å². The highest BCUT2D eigenvalue weighted by atomic mass is 15.3. The lowest BCUT2D eigenvalue weighted by molar-refractivity contribution is 0.357. The molecule has 0 amide bonds. The first-order chi connectivity index (χ1) is 6.77. The molecule has 0 spiro atoms. The molecule has 74 valence electrons. The average molecular weight is 188 g/mol. The van der Waals surface area contributed by atoms with Crippen LogP contribution in [0.4, 0.5) is 0 Å². The fourth-order valence-corrected chi connectivity index (χ4v) is 1.68. The summed E-state index contributed by atoms with van der Waals surface area (Å²) < 4.78 is 0. The van der Waals surface area contributed by atoms with E-state index < -0.39 is 0 Å². The first-order valence-electron chi connectivity index (χ1n) is 4.97. The van der Waals surface area contributed by atoms with Gasteiger partial charge < -0.3 is 10.2 Å². The Morgan fingerprint density at radius 2 is 1.93 bits per heavy atom. The SMILES string of the molecule is CC1=C(C)N(Cc2ccccc2)CN1. The van der Waals surface area contributed by atoms with Gasteiger partial charge in [-0.15, -0.1) is 0 Å². The number of nitrogens with one attached hydrogen (secondary N) is 1. The zero-order chi connectivity index (χ0) is 9.97. The van der Waals surface area contributed by atoms with Gasteiger partial charge in [0.15, 0.2) is 0 Å². The van der Waals surface area contributed by atoms with Crippen molar-refractivity contribution in [1.29, 1.82) is 0 Å². The maximum absolute atomic E-state index is 3.35. The molecule has 0 saturated heterocycles. The molecular formula is C12H16N2. The third-order valence-electron chi connectivity index (χ3n) is 2.77. The van der Waals surface area contributed by atoms with Crippen molar-refractivity contribution in [3.8, 4) is 0 Å². The molecule has 2 heteroatoms. The second-order valence-electron chi connectivity index (χ2n) is 3.73. The molecule has 1 N–H and O–H groups in total. The van der Waals surface area contributed by atoms with Gasteiger partial charge in [-0.05, 0) is 19.4 Å². The van der Waals surface area contributed by atoms with Crippen LogP contribution in [0.25, 0.3) is 0 Å². The summed E-state index contributed by atoms with van der Waals surface area (Å²) >= 11 is 0. The lowest BCUT2D eigenvalue weighted by Gasteiger charge is -2.18. The van der Waals surface area contributed by atoms with Crippen LogP contribution in [0.2, 0.25) is 0 Å². The van der Waals surface area contributed by atoms with Crippen molar-refractivity contribution in [2.24, 2.45) is 0 Å². The predicted molar refractivity (Wildman–Crippen MR) is 58.4 cm³/mol. The number of allylic oxidation sites excluding steroid dienone is 2. The third-order valence-corrected chi connectivity index (χ3v) is 2.77. The minimum Gasteiger partial charge on any atom is -0.370 e. The van der Waals surface area contributed by atoms with Crippen LogP contribution in [0, 0.1) is 0 Å². The van der Waals surface area contributed by atoms with Crippen molar-refractivity contribution in [3.63, 3.8) is 0 Å². The van der Waals surface area contributed by atoms with E-state index in [2.05, 4.69) is 54.4 Å². The van der Waals surface area contributed by atoms with Crippen LogP contribution in [0.15, 0.2) is 41.7 Å². The van der Waals surface area contributed by atoms with Crippen LogP contribution in [0.1, 0.15) is 19.4 Å². The maximum Gasteiger partial charge on any atom is 0.0875 e. The standard InChI is InChI=1S/C12H16N2/c1-10-11(2)14(9-13-10)8-12-6-4-3-5-7-12/h3-7,13H,8-9H2,1-2H3. The number of rotatable bonds is 2. The van der Waals surface area contributed by atoms with Gasteiger partial charge in [0.25, 0.3) is 0 Å². The molecular weight excluding hydrogens is 172 g/mol. The maximum atomic E-state index is 3.35. The number of nitrogens with zero attached hydrogens (tertiary/aromatic N) is 1. The Hall–Kier alpha value is -1.44. The van der Waals surface area contributed by atoms with Crippen molar-refractivity contribution in [2.45, 2.75) is 20.4 Å². The van der Waals surface area contributed by atoms with Gasteiger partial charge in [-0.1, -0.05) is 30.3 Å². The largest absolute Gasteiger partial charge is 0.370 e. The second-order valence-corrected chi connectivity index (χ2v) is 3.73. The molecule has 1 aromatic carbocycles. The molecule has 0 atom stereocenters. The molecule has 0 radical (unpaired) electrons. The molecule has 0 bridgehead atoms. The Bertz CT molecular complexity index is 341. The van der Waals surface area contributed by atoms with Gasteiger partial charge in [-0.2, -0.15) is 0 Å². The van der Waals surface area contributed by atoms with E-state index in [-0.39, 0.29) is 0 Å². The fraction of sp³-hybridized carbons (Fsp3) is 0.333. The zero-order valence-corrected chi connectivity index (χ0v) is 8.75. The van der Waals surface area contributed by atoms with Crippen LogP contribution in [0.5, 0.6) is 0 Å². The zero-order valence-electron chi connectivity index (χ0n) is 8.75. The molecule has 14 heavy (non-hydrogen) atoms. The van der Waals surface area contributed by atoms with Crippen LogP contribution < -0.4 is 5.32 Å². The normalized spacial score (nSPS) is 16.0. The van der Waals surface area contributed by atoms with Crippen molar-refractivity contribution in [3.05, 3.63) is 47.3 Å². The summed E-state index contributed by atoms with van der Waals surface area (Å²) in [6.07, 6.45) is 0. The topological polar surface area (TPSA) is 15.3 Å². The first-order valence-corrected chi connectivity index (χ1v) is 4.97. The molecule has 0 saturated carbocycles. The van der Waals surface area contributed by atoms with Crippen LogP contribution >= 0.6 is 0 Å². The third kappa shape index (κ3) is 1.74. The molecule has 0 fully saturated rings. The molecule has 1 aliphatic rings. The smallest absolute Gasteiger partial charge is 0.0875 e. The lowest BCUT2D eigenvalue weighted by atomic mass is 10.2. The van der Waals surface area contributed by atoms with Gasteiger partial charge in [0, 0.05) is 17.9 Å². The Morgan fingerprint density at radius 3 is 2.50 bits per heavy atom. The number of benzene rings is 1. The van der Waals surface area contributed by atoms with E-state index >= 15 is 0 Å². The summed E-state index contributed by atoms with van der Waals surface area (Å²) in [5.74, 6) is 0. The highest BCUT2D eigenvalue weighted by Gasteiger charge is 2.14. The van der Waals surface area contributed by atoms with Crippen LogP contribution in [-0.4, -0.2) is 11.6 Å². The molecule has 0 aromatic heterocycles. The van der Waals surface area contributed by atoms with Crippen LogP contribution in [0.3, 0.4) is 0 Å². The van der Waals surface area contributed by atoms with Crippen molar-refractivity contribution in [1.82, 2.24) is 10.2 Å². The molecule has 0 unspecified atom stereocenters. The van der Waals surface area contributed by atoms with Gasteiger partial charge in [-0.25, -0.2) is 0 Å². The molecule has 2 nitrogen and oxygen atoms in total. The van der Waals surface area contributed by atoms with Crippen molar-refractivity contribution < 1.29 is 0 Å². The molecule has 0 aliphatic carbocycles. The van der Waals surface area contributed by atoms with Gasteiger partial charge in [-0.3, -0.25) is 0 Å². The van der Waals surface area contributed by atoms with E-state index in [0.29, 0.717) is 0 Å². The summed E-state index contributed by atoms with van der Waals surface area (Å²) in [5.41, 5.74) is 4.01. The van der Waals surface area contributed by atoms with E-state index in [1.54, 1.807) is 0 Å². The van der Waals surface area contributed by atoms with Crippen molar-refractivity contribution >= 4 is 0 Å². The quantitative estimate of drug-likeness (QED) is 0.766. The Balaban J connectivity index is 2.07. The summed E-state index contributed by atoms with van der Waals surface area (Å²) in [6.45, 7) is 6.22. The first kappa shape index (κ1) is 9.13.